The van der Waals surface area contributed by atoms with E-state index in [9.17, 15) is 19.8 Å². The summed E-state index contributed by atoms with van der Waals surface area (Å²) in [5, 5.41) is 19.5. The van der Waals surface area contributed by atoms with Crippen LogP contribution in [0, 0.1) is 41.5 Å². The first-order valence-electron chi connectivity index (χ1n) is 10.2. The molecule has 0 aliphatic heterocycles. The first-order valence-corrected chi connectivity index (χ1v) is 10.2. The van der Waals surface area contributed by atoms with Crippen LogP contribution in [-0.2, 0) is 0 Å². The van der Waals surface area contributed by atoms with E-state index in [1.165, 1.54) is 0 Å². The summed E-state index contributed by atoms with van der Waals surface area (Å²) >= 11 is 0. The molecule has 0 saturated heterocycles. The van der Waals surface area contributed by atoms with Gasteiger partial charge in [-0.15, -0.1) is 0 Å². The van der Waals surface area contributed by atoms with Crippen molar-refractivity contribution in [3.63, 3.8) is 0 Å². The van der Waals surface area contributed by atoms with Gasteiger partial charge in [0.05, 0.1) is 0 Å². The summed E-state index contributed by atoms with van der Waals surface area (Å²) in [6, 6.07) is 12.1. The molecular weight excluding hydrogens is 389 g/mol. The molecule has 3 rings (SSSR count). The van der Waals surface area contributed by atoms with Crippen molar-refractivity contribution < 1.29 is 19.8 Å². The fraction of sp³-hybridized carbons (Fsp3) is 0.240. The molecule has 2 aromatic carbocycles. The molecule has 31 heavy (non-hydrogen) atoms. The smallest absolute Gasteiger partial charge is 0.354 e. The Bertz CT molecular complexity index is 1090. The Morgan fingerprint density at radius 1 is 0.645 bits per heavy atom. The molecule has 6 heteroatoms. The number of hydrogen-bond donors (Lipinski definition) is 2. The van der Waals surface area contributed by atoms with E-state index in [2.05, 4.69) is 4.98 Å². The second-order valence-electron chi connectivity index (χ2n) is 8.13. The van der Waals surface area contributed by atoms with Crippen molar-refractivity contribution >= 4 is 35.0 Å². The molecule has 0 fully saturated rings. The molecule has 0 aliphatic rings. The summed E-state index contributed by atoms with van der Waals surface area (Å²) in [5.74, 6) is -2.47. The first kappa shape index (κ1) is 22.3. The maximum atomic E-state index is 12.0. The average molecular weight is 415 g/mol. The third-order valence-corrected chi connectivity index (χ3v) is 6.10. The molecule has 0 saturated carbocycles. The minimum absolute atomic E-state index is 0.222. The van der Waals surface area contributed by atoms with E-state index in [1.807, 2.05) is 64.1 Å². The normalized spacial score (nSPS) is 10.8. The molecule has 0 unspecified atom stereocenters. The van der Waals surface area contributed by atoms with Crippen LogP contribution in [0.15, 0.2) is 36.4 Å². The van der Waals surface area contributed by atoms with Crippen LogP contribution in [0.25, 0.3) is 0 Å². The van der Waals surface area contributed by atoms with Crippen LogP contribution in [-0.4, -0.2) is 33.8 Å². The number of aromatic nitrogens is 1. The highest BCUT2D eigenvalue weighted by Crippen LogP contribution is 2.16. The molecule has 0 aliphatic carbocycles. The van der Waals surface area contributed by atoms with Crippen molar-refractivity contribution in [2.24, 2.45) is 0 Å². The highest BCUT2D eigenvalue weighted by atomic mass is 16.4. The van der Waals surface area contributed by atoms with Crippen molar-refractivity contribution in [1.29, 1.82) is 0 Å². The lowest BCUT2D eigenvalue weighted by atomic mass is 9.33. The van der Waals surface area contributed by atoms with E-state index >= 15 is 0 Å². The van der Waals surface area contributed by atoms with Gasteiger partial charge in [-0.1, -0.05) is 75.0 Å². The highest BCUT2D eigenvalue weighted by molar-refractivity contribution is 6.97. The van der Waals surface area contributed by atoms with Crippen LogP contribution in [0.4, 0.5) is 0 Å². The Morgan fingerprint density at radius 2 is 0.968 bits per heavy atom. The lowest BCUT2D eigenvalue weighted by Gasteiger charge is -2.27. The standard InChI is InChI=1S/C25H26BNO4/c1-13-9-7-10-14(2)19(13)26(20-15(3)11-8-12-16(20)4)21-17(5)22(24(28)29)27-23(18(21)6)25(30)31/h7-12H,1-6H3,(H,28,29)(H,30,31). The summed E-state index contributed by atoms with van der Waals surface area (Å²) in [6.45, 7) is 11.3. The molecule has 0 atom stereocenters. The predicted molar refractivity (Wildman–Crippen MR) is 124 cm³/mol. The van der Waals surface area contributed by atoms with Gasteiger partial charge in [0.2, 0.25) is 6.71 Å². The van der Waals surface area contributed by atoms with Crippen LogP contribution >= 0.6 is 0 Å². The summed E-state index contributed by atoms with van der Waals surface area (Å²) in [6.07, 6.45) is 0. The Balaban J connectivity index is 2.56. The molecule has 0 radical (unpaired) electrons. The van der Waals surface area contributed by atoms with Crippen LogP contribution in [0.1, 0.15) is 54.4 Å². The van der Waals surface area contributed by atoms with E-state index in [0.29, 0.717) is 16.6 Å². The number of carboxylic acid groups (broad SMARTS) is 2. The van der Waals surface area contributed by atoms with Crippen molar-refractivity contribution in [1.82, 2.24) is 4.98 Å². The van der Waals surface area contributed by atoms with E-state index in [0.717, 1.165) is 33.2 Å². The van der Waals surface area contributed by atoms with E-state index in [-0.39, 0.29) is 18.1 Å². The zero-order valence-corrected chi connectivity index (χ0v) is 18.7. The van der Waals surface area contributed by atoms with Gasteiger partial charge >= 0.3 is 11.9 Å². The minimum Gasteiger partial charge on any atom is -0.477 e. The van der Waals surface area contributed by atoms with E-state index < -0.39 is 11.9 Å². The highest BCUT2D eigenvalue weighted by Gasteiger charge is 2.34. The third-order valence-electron chi connectivity index (χ3n) is 6.10. The molecule has 0 bridgehead atoms. The number of pyridine rings is 1. The van der Waals surface area contributed by atoms with Crippen LogP contribution in [0.5, 0.6) is 0 Å². The van der Waals surface area contributed by atoms with Gasteiger partial charge in [0, 0.05) is 0 Å². The summed E-state index contributed by atoms with van der Waals surface area (Å²) in [7, 11) is 0. The Labute approximate surface area is 182 Å². The van der Waals surface area contributed by atoms with Gasteiger partial charge in [0.15, 0.2) is 11.4 Å². The second-order valence-corrected chi connectivity index (χ2v) is 8.13. The number of carboxylic acids is 2. The number of aromatic carboxylic acids is 2. The largest absolute Gasteiger partial charge is 0.477 e. The quantitative estimate of drug-likeness (QED) is 0.626. The SMILES string of the molecule is Cc1cccc(C)c1B(c1c(C)cccc1C)c1c(C)c(C(=O)O)nc(C(=O)O)c1C. The molecule has 0 amide bonds. The lowest BCUT2D eigenvalue weighted by molar-refractivity contribution is 0.0684. The molecule has 1 heterocycles. The van der Waals surface area contributed by atoms with Gasteiger partial charge in [-0.3, -0.25) is 0 Å². The summed E-state index contributed by atoms with van der Waals surface area (Å²) in [5.41, 5.74) is 7.62. The molecule has 158 valence electrons. The lowest BCUT2D eigenvalue weighted by Crippen LogP contribution is -2.58. The van der Waals surface area contributed by atoms with Crippen LogP contribution in [0.3, 0.4) is 0 Å². The number of aryl methyl sites for hydroxylation is 4. The van der Waals surface area contributed by atoms with E-state index in [1.54, 1.807) is 13.8 Å². The summed E-state index contributed by atoms with van der Waals surface area (Å²) in [4.78, 5) is 27.9. The Hall–Kier alpha value is -3.41. The first-order chi connectivity index (χ1) is 14.6. The van der Waals surface area contributed by atoms with Gasteiger partial charge in [0.1, 0.15) is 0 Å². The monoisotopic (exact) mass is 415 g/mol. The van der Waals surface area contributed by atoms with Crippen molar-refractivity contribution in [2.75, 3.05) is 0 Å². The molecule has 2 N–H and O–H groups in total. The number of rotatable bonds is 5. The minimum atomic E-state index is -1.23. The van der Waals surface area contributed by atoms with Gasteiger partial charge in [-0.2, -0.15) is 0 Å². The fourth-order valence-corrected chi connectivity index (χ4v) is 4.66. The van der Waals surface area contributed by atoms with Gasteiger partial charge in [-0.05, 0) is 52.7 Å². The zero-order valence-electron chi connectivity index (χ0n) is 18.7. The maximum Gasteiger partial charge on any atom is 0.354 e. The Morgan fingerprint density at radius 3 is 1.26 bits per heavy atom. The average Bonchev–Trinajstić information content (AvgIpc) is 2.66. The number of hydrogen-bond acceptors (Lipinski definition) is 3. The zero-order chi connectivity index (χ0) is 23.0. The topological polar surface area (TPSA) is 87.5 Å². The molecular formula is C25H26BNO4. The van der Waals surface area contributed by atoms with Gasteiger partial charge < -0.3 is 10.2 Å². The predicted octanol–water partition coefficient (Wildman–Crippen LogP) is 2.84. The fourth-order valence-electron chi connectivity index (χ4n) is 4.66. The van der Waals surface area contributed by atoms with Crippen LogP contribution in [0.2, 0.25) is 0 Å². The van der Waals surface area contributed by atoms with Crippen molar-refractivity contribution in [3.05, 3.63) is 81.2 Å². The van der Waals surface area contributed by atoms with Crippen LogP contribution < -0.4 is 16.4 Å². The van der Waals surface area contributed by atoms with Crippen molar-refractivity contribution in [2.45, 2.75) is 41.5 Å². The maximum absolute atomic E-state index is 12.0. The molecule has 5 nitrogen and oxygen atoms in total. The number of benzene rings is 2. The third kappa shape index (κ3) is 3.86. The molecule has 3 aromatic rings. The number of nitrogens with zero attached hydrogens (tertiary/aromatic N) is 1. The van der Waals surface area contributed by atoms with Gasteiger partial charge in [0.25, 0.3) is 0 Å². The van der Waals surface area contributed by atoms with Crippen molar-refractivity contribution in [3.8, 4) is 0 Å². The number of carbonyl (C=O) groups is 2. The van der Waals surface area contributed by atoms with Gasteiger partial charge in [-0.25, -0.2) is 14.6 Å². The summed E-state index contributed by atoms with van der Waals surface area (Å²) < 4.78 is 0. The molecule has 0 spiro atoms. The molecule has 1 aromatic heterocycles. The second kappa shape index (κ2) is 8.38. The Kier molecular flexibility index (Phi) is 6.02. The van der Waals surface area contributed by atoms with E-state index in [4.69, 9.17) is 0 Å².